The van der Waals surface area contributed by atoms with E-state index in [4.69, 9.17) is 4.98 Å². The highest BCUT2D eigenvalue weighted by molar-refractivity contribution is 5.90. The van der Waals surface area contributed by atoms with Crippen molar-refractivity contribution in [2.24, 2.45) is 5.92 Å². The fraction of sp³-hybridized carbons (Fsp3) is 0.304. The summed E-state index contributed by atoms with van der Waals surface area (Å²) in [7, 11) is 1.93. The van der Waals surface area contributed by atoms with Gasteiger partial charge in [0.2, 0.25) is 5.91 Å². The molecule has 4 nitrogen and oxygen atoms in total. The maximum absolute atomic E-state index is 12.6. The number of para-hydroxylation sites is 1. The van der Waals surface area contributed by atoms with Gasteiger partial charge in [-0.1, -0.05) is 55.5 Å². The third-order valence-corrected chi connectivity index (χ3v) is 4.86. The minimum absolute atomic E-state index is 0. The molecule has 0 aliphatic heterocycles. The zero-order chi connectivity index (χ0) is 19.2. The number of aromatic nitrogens is 1. The van der Waals surface area contributed by atoms with Gasteiger partial charge in [0.1, 0.15) is 0 Å². The Balaban J connectivity index is 0.00000210. The highest BCUT2D eigenvalue weighted by Crippen LogP contribution is 2.30. The quantitative estimate of drug-likeness (QED) is 0.573. The molecule has 0 saturated heterocycles. The van der Waals surface area contributed by atoms with Gasteiger partial charge in [0.05, 0.1) is 17.6 Å². The van der Waals surface area contributed by atoms with E-state index < -0.39 is 0 Å². The van der Waals surface area contributed by atoms with Crippen LogP contribution in [-0.4, -0.2) is 31.0 Å². The third-order valence-electron chi connectivity index (χ3n) is 4.86. The predicted octanol–water partition coefficient (Wildman–Crippen LogP) is 4.57. The number of benzene rings is 2. The van der Waals surface area contributed by atoms with Crippen LogP contribution in [0.2, 0.25) is 0 Å². The summed E-state index contributed by atoms with van der Waals surface area (Å²) in [6.45, 7) is 5.75. The molecule has 0 aliphatic rings. The Morgan fingerprint density at radius 2 is 1.66 bits per heavy atom. The Hall–Kier alpha value is -2.14. The molecule has 1 aromatic heterocycles. The summed E-state index contributed by atoms with van der Waals surface area (Å²) in [5, 5.41) is 7.30. The van der Waals surface area contributed by atoms with E-state index in [9.17, 15) is 4.79 Å². The SMILES string of the molecule is CNCC(C)CNC(=O)Cc1c(-c2ccccc2)nc2ccccc2c1C.Cl.Cl. The number of rotatable bonds is 7. The van der Waals surface area contributed by atoms with Crippen LogP contribution in [0.15, 0.2) is 54.6 Å². The van der Waals surface area contributed by atoms with E-state index in [0.717, 1.165) is 39.8 Å². The number of hydrogen-bond acceptors (Lipinski definition) is 3. The van der Waals surface area contributed by atoms with Crippen LogP contribution in [0.1, 0.15) is 18.1 Å². The molecule has 0 saturated carbocycles. The van der Waals surface area contributed by atoms with Crippen LogP contribution in [0, 0.1) is 12.8 Å². The fourth-order valence-corrected chi connectivity index (χ4v) is 3.40. The van der Waals surface area contributed by atoms with Crippen molar-refractivity contribution in [3.8, 4) is 11.3 Å². The van der Waals surface area contributed by atoms with E-state index in [2.05, 4.69) is 30.5 Å². The van der Waals surface area contributed by atoms with E-state index >= 15 is 0 Å². The fourth-order valence-electron chi connectivity index (χ4n) is 3.40. The molecule has 3 rings (SSSR count). The molecule has 0 radical (unpaired) electrons. The second kappa shape index (κ2) is 11.8. The Morgan fingerprint density at radius 1 is 1.00 bits per heavy atom. The maximum atomic E-state index is 12.6. The Morgan fingerprint density at radius 3 is 2.34 bits per heavy atom. The second-order valence-corrected chi connectivity index (χ2v) is 7.09. The Labute approximate surface area is 185 Å². The Kier molecular flexibility index (Phi) is 10.1. The lowest BCUT2D eigenvalue weighted by Gasteiger charge is -2.16. The van der Waals surface area contributed by atoms with Gasteiger partial charge in [-0.25, -0.2) is 4.98 Å². The van der Waals surface area contributed by atoms with Gasteiger partial charge in [-0.05, 0) is 43.6 Å². The molecule has 0 spiro atoms. The molecule has 1 heterocycles. The van der Waals surface area contributed by atoms with Crippen LogP contribution in [0.25, 0.3) is 22.2 Å². The van der Waals surface area contributed by atoms with Crippen molar-refractivity contribution >= 4 is 41.6 Å². The van der Waals surface area contributed by atoms with Gasteiger partial charge in [-0.2, -0.15) is 0 Å². The summed E-state index contributed by atoms with van der Waals surface area (Å²) in [5.41, 5.74) is 5.01. The zero-order valence-electron chi connectivity index (χ0n) is 17.1. The van der Waals surface area contributed by atoms with E-state index in [1.165, 1.54) is 0 Å². The van der Waals surface area contributed by atoms with Gasteiger partial charge in [-0.15, -0.1) is 24.8 Å². The lowest BCUT2D eigenvalue weighted by molar-refractivity contribution is -0.120. The number of amides is 1. The molecule has 1 atom stereocenters. The van der Waals surface area contributed by atoms with Gasteiger partial charge in [0.25, 0.3) is 0 Å². The molecule has 0 aliphatic carbocycles. The summed E-state index contributed by atoms with van der Waals surface area (Å²) in [5.74, 6) is 0.429. The van der Waals surface area contributed by atoms with E-state index in [1.54, 1.807) is 0 Å². The van der Waals surface area contributed by atoms with Crippen molar-refractivity contribution in [3.05, 3.63) is 65.7 Å². The zero-order valence-corrected chi connectivity index (χ0v) is 18.7. The number of pyridine rings is 1. The van der Waals surface area contributed by atoms with Gasteiger partial charge >= 0.3 is 0 Å². The summed E-state index contributed by atoms with van der Waals surface area (Å²) in [6.07, 6.45) is 0.334. The molecule has 3 aromatic rings. The monoisotopic (exact) mass is 433 g/mol. The number of carbonyl (C=O) groups is 1. The molecule has 0 bridgehead atoms. The minimum Gasteiger partial charge on any atom is -0.355 e. The van der Waals surface area contributed by atoms with Gasteiger partial charge in [0, 0.05) is 17.5 Å². The van der Waals surface area contributed by atoms with Crippen LogP contribution < -0.4 is 10.6 Å². The first-order valence-electron chi connectivity index (χ1n) is 9.45. The van der Waals surface area contributed by atoms with Crippen molar-refractivity contribution in [2.45, 2.75) is 20.3 Å². The smallest absolute Gasteiger partial charge is 0.224 e. The molecule has 2 N–H and O–H groups in total. The third kappa shape index (κ3) is 6.17. The molecule has 6 heteroatoms. The normalized spacial score (nSPS) is 11.3. The first-order chi connectivity index (χ1) is 13.1. The number of nitrogens with zero attached hydrogens (tertiary/aromatic N) is 1. The molecule has 29 heavy (non-hydrogen) atoms. The van der Waals surface area contributed by atoms with Crippen LogP contribution in [0.4, 0.5) is 0 Å². The van der Waals surface area contributed by atoms with Crippen molar-refractivity contribution < 1.29 is 4.79 Å². The largest absolute Gasteiger partial charge is 0.355 e. The highest BCUT2D eigenvalue weighted by Gasteiger charge is 2.17. The number of hydrogen-bond donors (Lipinski definition) is 2. The van der Waals surface area contributed by atoms with E-state index in [0.29, 0.717) is 18.9 Å². The predicted molar refractivity (Wildman–Crippen MR) is 126 cm³/mol. The number of aryl methyl sites for hydroxylation is 1. The highest BCUT2D eigenvalue weighted by atomic mass is 35.5. The van der Waals surface area contributed by atoms with Crippen molar-refractivity contribution in [1.29, 1.82) is 0 Å². The first kappa shape index (κ1) is 24.9. The van der Waals surface area contributed by atoms with Gasteiger partial charge < -0.3 is 10.6 Å². The number of halogens is 2. The van der Waals surface area contributed by atoms with Crippen molar-refractivity contribution in [3.63, 3.8) is 0 Å². The summed E-state index contributed by atoms with van der Waals surface area (Å²) < 4.78 is 0. The summed E-state index contributed by atoms with van der Waals surface area (Å²) in [6, 6.07) is 18.2. The summed E-state index contributed by atoms with van der Waals surface area (Å²) >= 11 is 0. The molecular formula is C23H29Cl2N3O. The number of carbonyl (C=O) groups excluding carboxylic acids is 1. The van der Waals surface area contributed by atoms with E-state index in [1.807, 2.05) is 55.6 Å². The van der Waals surface area contributed by atoms with Crippen LogP contribution in [0.3, 0.4) is 0 Å². The summed E-state index contributed by atoms with van der Waals surface area (Å²) in [4.78, 5) is 17.5. The van der Waals surface area contributed by atoms with Gasteiger partial charge in [0.15, 0.2) is 0 Å². The standard InChI is InChI=1S/C23H27N3O.2ClH/c1-16(14-24-3)15-25-22(27)13-20-17(2)19-11-7-8-12-21(19)26-23(20)18-9-5-4-6-10-18;;/h4-12,16,24H,13-15H2,1-3H3,(H,25,27);2*1H. The molecule has 0 fully saturated rings. The molecule has 1 unspecified atom stereocenters. The average molecular weight is 434 g/mol. The van der Waals surface area contributed by atoms with Crippen LogP contribution in [-0.2, 0) is 11.2 Å². The molecule has 1 amide bonds. The molecular weight excluding hydrogens is 405 g/mol. The molecule has 2 aromatic carbocycles. The maximum Gasteiger partial charge on any atom is 0.224 e. The Bertz CT molecular complexity index is 932. The van der Waals surface area contributed by atoms with E-state index in [-0.39, 0.29) is 30.7 Å². The van der Waals surface area contributed by atoms with Crippen LogP contribution in [0.5, 0.6) is 0 Å². The van der Waals surface area contributed by atoms with Crippen molar-refractivity contribution in [2.75, 3.05) is 20.1 Å². The average Bonchev–Trinajstić information content (AvgIpc) is 2.69. The lowest BCUT2D eigenvalue weighted by Crippen LogP contribution is -2.33. The second-order valence-electron chi connectivity index (χ2n) is 7.09. The number of nitrogens with one attached hydrogen (secondary N) is 2. The lowest BCUT2D eigenvalue weighted by atomic mass is 9.95. The molecule has 156 valence electrons. The van der Waals surface area contributed by atoms with Crippen LogP contribution >= 0.6 is 24.8 Å². The minimum atomic E-state index is 0. The number of fused-ring (bicyclic) bond motifs is 1. The first-order valence-corrected chi connectivity index (χ1v) is 9.45. The van der Waals surface area contributed by atoms with Crippen molar-refractivity contribution in [1.82, 2.24) is 15.6 Å². The van der Waals surface area contributed by atoms with Gasteiger partial charge in [-0.3, -0.25) is 4.79 Å². The topological polar surface area (TPSA) is 54.0 Å².